The Morgan fingerprint density at radius 1 is 1.04 bits per heavy atom. The van der Waals surface area contributed by atoms with Crippen LogP contribution in [0.2, 0.25) is 0 Å². The Morgan fingerprint density at radius 3 is 2.74 bits per heavy atom. The van der Waals surface area contributed by atoms with Crippen molar-refractivity contribution in [1.29, 1.82) is 0 Å². The van der Waals surface area contributed by atoms with Crippen LogP contribution in [0.5, 0.6) is 0 Å². The van der Waals surface area contributed by atoms with E-state index in [0.29, 0.717) is 24.9 Å². The number of rotatable bonds is 6. The van der Waals surface area contributed by atoms with E-state index in [9.17, 15) is 9.59 Å². The number of nitrogens with one attached hydrogen (secondary N) is 2. The molecule has 6 heteroatoms. The smallest absolute Gasteiger partial charge is 0.252 e. The molecule has 2 heterocycles. The molecule has 3 rings (SSSR count). The first-order chi connectivity index (χ1) is 13.2. The second kappa shape index (κ2) is 9.72. The molecule has 0 radical (unpaired) electrons. The Kier molecular flexibility index (Phi) is 6.80. The van der Waals surface area contributed by atoms with Gasteiger partial charge in [-0.15, -0.1) is 11.3 Å². The zero-order valence-corrected chi connectivity index (χ0v) is 16.2. The minimum Gasteiger partial charge on any atom is -0.352 e. The number of carbonyl (C=O) groups is 2. The number of hydrogen-bond acceptors (Lipinski definition) is 4. The predicted octanol–water partition coefficient (Wildman–Crippen LogP) is 4.36. The van der Waals surface area contributed by atoms with Crippen LogP contribution >= 0.6 is 22.7 Å². The summed E-state index contributed by atoms with van der Waals surface area (Å²) in [7, 11) is 0. The molecule has 0 aliphatic rings. The summed E-state index contributed by atoms with van der Waals surface area (Å²) in [5, 5.41) is 11.3. The summed E-state index contributed by atoms with van der Waals surface area (Å²) in [5.41, 5.74) is 2.23. The zero-order chi connectivity index (χ0) is 18.9. The monoisotopic (exact) mass is 394 g/mol. The Balaban J connectivity index is 1.44. The van der Waals surface area contributed by atoms with Crippen molar-refractivity contribution in [2.24, 2.45) is 0 Å². The molecule has 1 aromatic carbocycles. The van der Waals surface area contributed by atoms with Crippen molar-refractivity contribution >= 4 is 40.2 Å². The van der Waals surface area contributed by atoms with E-state index < -0.39 is 0 Å². The summed E-state index contributed by atoms with van der Waals surface area (Å²) in [4.78, 5) is 24.9. The molecule has 0 aliphatic heterocycles. The minimum atomic E-state index is -0.103. The number of carbonyl (C=O) groups excluding carboxylic acids is 2. The van der Waals surface area contributed by atoms with Gasteiger partial charge in [0, 0.05) is 35.2 Å². The van der Waals surface area contributed by atoms with E-state index in [2.05, 4.69) is 22.5 Å². The fourth-order valence-electron chi connectivity index (χ4n) is 2.33. The van der Waals surface area contributed by atoms with E-state index in [1.54, 1.807) is 22.8 Å². The lowest BCUT2D eigenvalue weighted by Crippen LogP contribution is -2.25. The predicted molar refractivity (Wildman–Crippen MR) is 111 cm³/mol. The summed E-state index contributed by atoms with van der Waals surface area (Å²) in [6, 6.07) is 13.2. The van der Waals surface area contributed by atoms with Gasteiger partial charge in [0.2, 0.25) is 5.91 Å². The van der Waals surface area contributed by atoms with Crippen LogP contribution < -0.4 is 10.6 Å². The van der Waals surface area contributed by atoms with E-state index in [-0.39, 0.29) is 11.8 Å². The van der Waals surface area contributed by atoms with Crippen molar-refractivity contribution in [3.05, 3.63) is 74.6 Å². The van der Waals surface area contributed by atoms with Gasteiger partial charge in [0.15, 0.2) is 0 Å². The average molecular weight is 395 g/mol. The largest absolute Gasteiger partial charge is 0.352 e. The summed E-state index contributed by atoms with van der Waals surface area (Å²) >= 11 is 3.08. The SMILES string of the molecule is O=C(CCCNC(=O)c1ccsc1)Nc1cccc(C#Cc2cccs2)c1. The standard InChI is InChI=1S/C21H18N2O2S2/c24-20(7-2-11-22-21(25)17-10-13-26-15-17)23-18-5-1-4-16(14-18)8-9-19-6-3-12-27-19/h1,3-6,10,12-15H,2,7,11H2,(H,22,25)(H,23,24). The molecule has 0 saturated carbocycles. The van der Waals surface area contributed by atoms with Crippen LogP contribution in [0.25, 0.3) is 0 Å². The molecule has 4 nitrogen and oxygen atoms in total. The minimum absolute atomic E-state index is 0.0804. The van der Waals surface area contributed by atoms with Crippen LogP contribution in [0, 0.1) is 11.8 Å². The molecule has 27 heavy (non-hydrogen) atoms. The summed E-state index contributed by atoms with van der Waals surface area (Å²) in [6.07, 6.45) is 0.925. The number of amides is 2. The molecule has 0 atom stereocenters. The quantitative estimate of drug-likeness (QED) is 0.482. The lowest BCUT2D eigenvalue weighted by molar-refractivity contribution is -0.116. The first-order valence-electron chi connectivity index (χ1n) is 8.46. The third-order valence-corrected chi connectivity index (χ3v) is 5.12. The lowest BCUT2D eigenvalue weighted by Gasteiger charge is -2.06. The molecule has 0 saturated heterocycles. The van der Waals surface area contributed by atoms with Gasteiger partial charge in [-0.3, -0.25) is 9.59 Å². The molecular formula is C21H18N2O2S2. The van der Waals surface area contributed by atoms with E-state index in [1.165, 1.54) is 11.3 Å². The van der Waals surface area contributed by atoms with Crippen LogP contribution in [0.15, 0.2) is 58.6 Å². The summed E-state index contributed by atoms with van der Waals surface area (Å²) in [5.74, 6) is 6.02. The number of hydrogen-bond donors (Lipinski definition) is 2. The van der Waals surface area contributed by atoms with E-state index >= 15 is 0 Å². The molecule has 0 spiro atoms. The first-order valence-corrected chi connectivity index (χ1v) is 10.3. The van der Waals surface area contributed by atoms with Gasteiger partial charge < -0.3 is 10.6 Å². The van der Waals surface area contributed by atoms with Gasteiger partial charge in [-0.1, -0.05) is 24.0 Å². The lowest BCUT2D eigenvalue weighted by atomic mass is 10.2. The molecule has 0 unspecified atom stereocenters. The molecule has 2 amide bonds. The van der Waals surface area contributed by atoms with Crippen LogP contribution in [0.1, 0.15) is 33.6 Å². The molecule has 136 valence electrons. The maximum Gasteiger partial charge on any atom is 0.252 e. The van der Waals surface area contributed by atoms with Gasteiger partial charge in [0.1, 0.15) is 0 Å². The molecule has 2 N–H and O–H groups in total. The average Bonchev–Trinajstić information content (AvgIpc) is 3.37. The van der Waals surface area contributed by atoms with Crippen LogP contribution in [0.4, 0.5) is 5.69 Å². The van der Waals surface area contributed by atoms with Gasteiger partial charge in [-0.25, -0.2) is 0 Å². The van der Waals surface area contributed by atoms with Crippen molar-refractivity contribution in [3.8, 4) is 11.8 Å². The third kappa shape index (κ3) is 6.10. The summed E-state index contributed by atoms with van der Waals surface area (Å²) in [6.45, 7) is 0.467. The maximum atomic E-state index is 12.1. The fourth-order valence-corrected chi connectivity index (χ4v) is 3.54. The van der Waals surface area contributed by atoms with E-state index in [1.807, 2.05) is 47.2 Å². The highest BCUT2D eigenvalue weighted by molar-refractivity contribution is 7.10. The Morgan fingerprint density at radius 2 is 1.96 bits per heavy atom. The Hall–Kier alpha value is -2.88. The number of thiophene rings is 2. The normalized spacial score (nSPS) is 9.93. The van der Waals surface area contributed by atoms with Crippen molar-refractivity contribution in [1.82, 2.24) is 5.32 Å². The second-order valence-electron chi connectivity index (χ2n) is 5.73. The van der Waals surface area contributed by atoms with Gasteiger partial charge in [-0.2, -0.15) is 11.3 Å². The second-order valence-corrected chi connectivity index (χ2v) is 7.46. The topological polar surface area (TPSA) is 58.2 Å². The Labute approximate surface area is 166 Å². The number of anilines is 1. The zero-order valence-electron chi connectivity index (χ0n) is 14.5. The van der Waals surface area contributed by atoms with Gasteiger partial charge in [0.05, 0.1) is 4.88 Å². The van der Waals surface area contributed by atoms with Crippen molar-refractivity contribution in [2.45, 2.75) is 12.8 Å². The van der Waals surface area contributed by atoms with Gasteiger partial charge in [0.25, 0.3) is 5.91 Å². The summed E-state index contributed by atoms with van der Waals surface area (Å²) < 4.78 is 0. The molecule has 3 aromatic rings. The highest BCUT2D eigenvalue weighted by Gasteiger charge is 2.06. The van der Waals surface area contributed by atoms with Crippen molar-refractivity contribution < 1.29 is 9.59 Å². The number of benzene rings is 1. The Bertz CT molecular complexity index is 952. The van der Waals surface area contributed by atoms with Crippen LogP contribution in [0.3, 0.4) is 0 Å². The van der Waals surface area contributed by atoms with Gasteiger partial charge in [-0.05, 0) is 47.5 Å². The molecule has 0 aliphatic carbocycles. The van der Waals surface area contributed by atoms with E-state index in [0.717, 1.165) is 16.1 Å². The van der Waals surface area contributed by atoms with Gasteiger partial charge >= 0.3 is 0 Å². The molecular weight excluding hydrogens is 376 g/mol. The maximum absolute atomic E-state index is 12.1. The van der Waals surface area contributed by atoms with Crippen LogP contribution in [-0.4, -0.2) is 18.4 Å². The molecule has 2 aromatic heterocycles. The molecule has 0 bridgehead atoms. The fraction of sp³-hybridized carbons (Fsp3) is 0.143. The highest BCUT2D eigenvalue weighted by Crippen LogP contribution is 2.12. The molecule has 0 fully saturated rings. The first kappa shape index (κ1) is 18.9. The van der Waals surface area contributed by atoms with Crippen molar-refractivity contribution in [2.75, 3.05) is 11.9 Å². The van der Waals surface area contributed by atoms with Crippen molar-refractivity contribution in [3.63, 3.8) is 0 Å². The highest BCUT2D eigenvalue weighted by atomic mass is 32.1. The third-order valence-electron chi connectivity index (χ3n) is 3.65. The van der Waals surface area contributed by atoms with E-state index in [4.69, 9.17) is 0 Å². The van der Waals surface area contributed by atoms with Crippen LogP contribution in [-0.2, 0) is 4.79 Å².